The third-order valence-corrected chi connectivity index (χ3v) is 27.9. The summed E-state index contributed by atoms with van der Waals surface area (Å²) in [4.78, 5) is 157. The summed E-state index contributed by atoms with van der Waals surface area (Å²) in [5.74, 6) is -5.45. The Morgan fingerprint density at radius 2 is 1.23 bits per heavy atom. The first-order valence-electron chi connectivity index (χ1n) is 32.0. The van der Waals surface area contributed by atoms with Crippen LogP contribution in [0.15, 0.2) is 80.6 Å². The molecule has 2 unspecified atom stereocenters. The van der Waals surface area contributed by atoms with Gasteiger partial charge < -0.3 is 79.3 Å². The number of carbonyl (C=O) groups excluding carboxylic acids is 5. The lowest BCUT2D eigenvalue weighted by molar-refractivity contribution is -0.139. The van der Waals surface area contributed by atoms with Crippen molar-refractivity contribution >= 4 is 68.0 Å². The summed E-state index contributed by atoms with van der Waals surface area (Å²) < 4.78 is 81.1. The normalized spacial score (nSPS) is 21.9. The minimum atomic E-state index is -5.49. The van der Waals surface area contributed by atoms with Crippen LogP contribution in [0.2, 0.25) is 36.3 Å². The van der Waals surface area contributed by atoms with Gasteiger partial charge in [0.1, 0.15) is 80.2 Å². The maximum absolute atomic E-state index is 14.4. The zero-order chi connectivity index (χ0) is 75.6. The van der Waals surface area contributed by atoms with Gasteiger partial charge in [0.2, 0.25) is 23.6 Å². The fourth-order valence-electron chi connectivity index (χ4n) is 9.29. The van der Waals surface area contributed by atoms with Gasteiger partial charge in [-0.25, -0.2) is 23.5 Å². The van der Waals surface area contributed by atoms with Crippen molar-refractivity contribution < 1.29 is 104 Å². The number of phosphoric acid groups is 2. The van der Waals surface area contributed by atoms with E-state index in [1.54, 1.807) is 13.1 Å². The molecule has 0 bridgehead atoms. The maximum Gasteiger partial charge on any atom is 0.527 e. The number of rotatable bonds is 34. The number of ether oxygens (including phenoxy) is 3. The summed E-state index contributed by atoms with van der Waals surface area (Å²) in [6, 6.07) is 2.34. The molecule has 5 rings (SSSR count). The zero-order valence-corrected chi connectivity index (χ0v) is 62.5. The van der Waals surface area contributed by atoms with E-state index in [9.17, 15) is 82.2 Å². The smallest absolute Gasteiger partial charge is 0.480 e. The Morgan fingerprint density at radius 3 is 1.74 bits per heavy atom. The van der Waals surface area contributed by atoms with Crippen LogP contribution >= 0.6 is 15.6 Å². The van der Waals surface area contributed by atoms with E-state index in [2.05, 4.69) is 63.8 Å². The van der Waals surface area contributed by atoms with E-state index in [1.807, 2.05) is 59.6 Å². The molecule has 14 atom stereocenters. The van der Waals surface area contributed by atoms with E-state index in [-0.39, 0.29) is 17.9 Å². The first kappa shape index (κ1) is 85.6. The molecule has 2 aliphatic rings. The number of aliphatic carboxylic acids is 1. The molecule has 1 aromatic carbocycles. The summed E-state index contributed by atoms with van der Waals surface area (Å²) >= 11 is 0. The number of aliphatic hydroxyl groups is 2. The van der Waals surface area contributed by atoms with Crippen LogP contribution in [0.25, 0.3) is 0 Å². The molecule has 0 radical (unpaired) electrons. The number of nitrogens with zero attached hydrogens (tertiary/aromatic N) is 3. The van der Waals surface area contributed by atoms with E-state index >= 15 is 0 Å². The number of nitrogens with one attached hydrogen (secondary N) is 7. The van der Waals surface area contributed by atoms with E-state index < -0.39 is 207 Å². The molecular weight excluding hydrogens is 1390 g/mol. The van der Waals surface area contributed by atoms with Crippen molar-refractivity contribution in [2.45, 2.75) is 192 Å². The van der Waals surface area contributed by atoms with E-state index in [4.69, 9.17) is 41.2 Å². The molecule has 562 valence electrons. The molecule has 0 saturated carbocycles. The molecule has 12 N–H and O–H groups in total. The van der Waals surface area contributed by atoms with Crippen molar-refractivity contribution in [2.24, 2.45) is 0 Å². The monoisotopic (exact) mass is 1490 g/mol. The number of aromatic amines is 2. The SMILES string of the molecule is C=CCOC(=O)NCC(=O)N[C@@H](C)C(=O)N[C@@H](Cc1ccc(OP(=O)(O)OC[C@H]2O[C@@H](n3ccc(=O)[nH]c3=O)[C@H](O[Si](C)(C)C(C)(C)C)[C@@H]2OP(=O)(O)OC[C@H]2O[C@@H](n3ccc(=O)[nH]c3=O)[C@H](O)[C@@H]2O)cc1)C(=O)N[C@H](C(=O)NCC(=O)O)[C@@H](C)O[Si](C)(C)C(C)(C)C.CCN(CC)CC. The number of alkyl carbamates (subject to hydrolysis) is 1. The fraction of sp³-hybridized carbons (Fsp3) is 0.633. The summed E-state index contributed by atoms with van der Waals surface area (Å²) in [5, 5.41) is 41.9. The van der Waals surface area contributed by atoms with Crippen LogP contribution in [-0.2, 0) is 76.2 Å². The largest absolute Gasteiger partial charge is 0.527 e. The summed E-state index contributed by atoms with van der Waals surface area (Å²) in [6.45, 7) is 31.3. The van der Waals surface area contributed by atoms with Crippen LogP contribution < -0.4 is 53.6 Å². The number of carbonyl (C=O) groups is 6. The molecule has 100 heavy (non-hydrogen) atoms. The van der Waals surface area contributed by atoms with Crippen molar-refractivity contribution in [3.8, 4) is 5.75 Å². The van der Waals surface area contributed by atoms with Gasteiger partial charge in [-0.2, -0.15) is 0 Å². The summed E-state index contributed by atoms with van der Waals surface area (Å²) in [7, 11) is -16.6. The molecule has 2 aromatic heterocycles. The molecule has 2 saturated heterocycles. The Kier molecular flexibility index (Phi) is 31.5. The van der Waals surface area contributed by atoms with Gasteiger partial charge in [-0.3, -0.25) is 71.1 Å². The number of H-pyrrole nitrogens is 2. The molecule has 0 aliphatic carbocycles. The Morgan fingerprint density at radius 1 is 0.700 bits per heavy atom. The highest BCUT2D eigenvalue weighted by atomic mass is 31.2. The lowest BCUT2D eigenvalue weighted by Crippen LogP contribution is -2.61. The third kappa shape index (κ3) is 25.3. The highest BCUT2D eigenvalue weighted by molar-refractivity contribution is 7.48. The topological polar surface area (TPSA) is 494 Å². The molecule has 40 heteroatoms. The molecular formula is C60H98N10O26P2Si2. The Hall–Kier alpha value is -6.85. The van der Waals surface area contributed by atoms with Crippen molar-refractivity contribution in [1.29, 1.82) is 0 Å². The first-order valence-corrected chi connectivity index (χ1v) is 40.8. The third-order valence-electron chi connectivity index (χ3n) is 17.0. The number of carboxylic acid groups (broad SMARTS) is 1. The number of carboxylic acids is 1. The van der Waals surface area contributed by atoms with Crippen molar-refractivity contribution in [2.75, 3.05) is 52.5 Å². The number of aromatic nitrogens is 4. The highest BCUT2D eigenvalue weighted by Crippen LogP contribution is 2.52. The average Bonchev–Trinajstić information content (AvgIpc) is 1.61. The van der Waals surface area contributed by atoms with Crippen LogP contribution in [0.1, 0.15) is 94.2 Å². The van der Waals surface area contributed by atoms with E-state index in [0.717, 1.165) is 45.8 Å². The predicted molar refractivity (Wildman–Crippen MR) is 365 cm³/mol. The number of benzene rings is 1. The van der Waals surface area contributed by atoms with Crippen molar-refractivity contribution in [3.05, 3.63) is 109 Å². The molecule has 0 spiro atoms. The van der Waals surface area contributed by atoms with Crippen LogP contribution in [0.5, 0.6) is 5.75 Å². The minimum Gasteiger partial charge on any atom is -0.480 e. The van der Waals surface area contributed by atoms with Gasteiger partial charge in [-0.15, -0.1) is 0 Å². The number of amides is 5. The van der Waals surface area contributed by atoms with Gasteiger partial charge in [-0.1, -0.05) is 87.1 Å². The van der Waals surface area contributed by atoms with Gasteiger partial charge in [0, 0.05) is 30.9 Å². The Labute approximate surface area is 579 Å². The standard InChI is InChI=1S/C54H83N9O26P2Si2.C6H15N/c1-14-23-81-52(76)56-25-38(66)57-29(2)45(71)58-33(46(72)61-40(47(73)55-26-39(67)68)30(3)88-92(10,11)53(4,5)6)24-31-15-17-32(18-16-31)86-90(77,78)83-28-35-43(44(89-93(12,13)54(7,8)9)49(85-35)63-22-20-37(65)60-51(63)75)87-91(79,80)82-27-34-41(69)42(70)48(84-34)62-21-19-36(64)59-50(62)74;1-4-7(5-2)6-3/h14-22,29-30,33-35,40-44,48-49,69-70H,1,23-28H2,2-13H3,(H,55,73)(H,56,76)(H,57,66)(H,58,71)(H,61,72)(H,67,68)(H,77,78)(H,79,80)(H,59,64,74)(H,60,65,75);4-6H2,1-3H3/t29-,30+,33-,34+,35+,40-,41+,42+,43+,44+,48+,49+;/m0./s1. The number of hydrogen-bond acceptors (Lipinski definition) is 24. The first-order chi connectivity index (χ1) is 46.3. The second kappa shape index (κ2) is 36.8. The van der Waals surface area contributed by atoms with E-state index in [0.29, 0.717) is 0 Å². The number of phosphoric ester groups is 2. The van der Waals surface area contributed by atoms with Gasteiger partial charge in [0.05, 0.1) is 19.3 Å². The molecule has 3 aromatic rings. The summed E-state index contributed by atoms with van der Waals surface area (Å²) in [5.41, 5.74) is -3.44. The van der Waals surface area contributed by atoms with Crippen LogP contribution in [0, 0.1) is 0 Å². The van der Waals surface area contributed by atoms with Gasteiger partial charge >= 0.3 is 39.1 Å². The number of aliphatic hydroxyl groups excluding tert-OH is 2. The molecule has 4 heterocycles. The Balaban J connectivity index is 0.00000287. The zero-order valence-electron chi connectivity index (χ0n) is 58.7. The van der Waals surface area contributed by atoms with E-state index in [1.165, 1.54) is 51.7 Å². The lowest BCUT2D eigenvalue weighted by Gasteiger charge is -2.40. The maximum atomic E-state index is 14.4. The van der Waals surface area contributed by atoms with Crippen LogP contribution in [-0.4, -0.2) is 215 Å². The molecule has 2 fully saturated rings. The fourth-order valence-corrected chi connectivity index (χ4v) is 13.7. The Bertz CT molecular complexity index is 3630. The molecule has 5 amide bonds. The molecule has 36 nitrogen and oxygen atoms in total. The van der Waals surface area contributed by atoms with Crippen LogP contribution in [0.3, 0.4) is 0 Å². The van der Waals surface area contributed by atoms with Crippen molar-refractivity contribution in [3.63, 3.8) is 0 Å². The number of hydrogen-bond donors (Lipinski definition) is 12. The predicted octanol–water partition coefficient (Wildman–Crippen LogP) is 1.58. The van der Waals surface area contributed by atoms with Gasteiger partial charge in [0.25, 0.3) is 11.1 Å². The lowest BCUT2D eigenvalue weighted by atomic mass is 10.0. The quantitative estimate of drug-likeness (QED) is 0.0229. The highest BCUT2D eigenvalue weighted by Gasteiger charge is 2.55. The second-order valence-electron chi connectivity index (χ2n) is 26.4. The van der Waals surface area contributed by atoms with Crippen LogP contribution in [0.4, 0.5) is 4.79 Å². The van der Waals surface area contributed by atoms with Crippen molar-refractivity contribution in [1.82, 2.24) is 50.6 Å². The second-order valence-corrected chi connectivity index (χ2v) is 38.7. The summed E-state index contributed by atoms with van der Waals surface area (Å²) in [6.07, 6.45) is -12.9. The minimum absolute atomic E-state index is 0.152. The average molecular weight is 1490 g/mol. The van der Waals surface area contributed by atoms with Gasteiger partial charge in [-0.05, 0) is 87.4 Å². The molecule has 2 aliphatic heterocycles. The van der Waals surface area contributed by atoms with Gasteiger partial charge in [0.15, 0.2) is 29.1 Å².